The minimum atomic E-state index is -0.349. The number of urea groups is 1. The van der Waals surface area contributed by atoms with Gasteiger partial charge in [-0.1, -0.05) is 80.9 Å². The molecular weight excluding hydrogens is 486 g/mol. The van der Waals surface area contributed by atoms with E-state index < -0.39 is 0 Å². The Morgan fingerprint density at radius 1 is 0.846 bits per heavy atom. The fourth-order valence-corrected chi connectivity index (χ4v) is 4.35. The average Bonchev–Trinajstić information content (AvgIpc) is 3.28. The Morgan fingerprint density at radius 2 is 1.56 bits per heavy atom. The molecule has 4 aromatic rings. The largest absolute Gasteiger partial charge is 0.322 e. The van der Waals surface area contributed by atoms with Crippen LogP contribution in [0, 0.1) is 20.8 Å². The van der Waals surface area contributed by atoms with Gasteiger partial charge in [-0.15, -0.1) is 0 Å². The summed E-state index contributed by atoms with van der Waals surface area (Å²) >= 11 is 0. The monoisotopic (exact) mass is 523 g/mol. The van der Waals surface area contributed by atoms with Crippen molar-refractivity contribution in [3.05, 3.63) is 107 Å². The van der Waals surface area contributed by atoms with Gasteiger partial charge in [-0.3, -0.25) is 4.79 Å². The molecule has 1 aromatic heterocycles. The summed E-state index contributed by atoms with van der Waals surface area (Å²) in [6.45, 7) is 12.5. The first-order valence-corrected chi connectivity index (χ1v) is 13.1. The summed E-state index contributed by atoms with van der Waals surface area (Å²) in [6, 6.07) is 24.9. The third-order valence-corrected chi connectivity index (χ3v) is 6.43. The van der Waals surface area contributed by atoms with Crippen LogP contribution < -0.4 is 10.6 Å². The van der Waals surface area contributed by atoms with Gasteiger partial charge in [0.1, 0.15) is 12.4 Å². The first-order chi connectivity index (χ1) is 18.5. The molecule has 4 rings (SSSR count). The number of aryl methyl sites for hydroxylation is 3. The van der Waals surface area contributed by atoms with Crippen LogP contribution in [-0.2, 0) is 16.8 Å². The van der Waals surface area contributed by atoms with E-state index in [2.05, 4.69) is 37.5 Å². The van der Waals surface area contributed by atoms with Crippen molar-refractivity contribution in [2.24, 2.45) is 0 Å². The SMILES string of the molecule is Cc1cccc(NC(=O)N(CC(=O)Nc2cc(C(C)(C)C)nn2-c2ccc(C)cc2C)Cc2ccccc2)c1. The molecule has 0 radical (unpaired) electrons. The van der Waals surface area contributed by atoms with Crippen molar-refractivity contribution in [2.45, 2.75) is 53.5 Å². The van der Waals surface area contributed by atoms with Gasteiger partial charge >= 0.3 is 6.03 Å². The number of anilines is 2. The lowest BCUT2D eigenvalue weighted by Crippen LogP contribution is -2.40. The maximum Gasteiger partial charge on any atom is 0.322 e. The lowest BCUT2D eigenvalue weighted by atomic mass is 9.92. The molecule has 0 atom stereocenters. The van der Waals surface area contributed by atoms with Gasteiger partial charge in [-0.25, -0.2) is 9.48 Å². The predicted octanol–water partition coefficient (Wildman–Crippen LogP) is 6.77. The van der Waals surface area contributed by atoms with E-state index in [1.54, 1.807) is 4.68 Å². The first kappa shape index (κ1) is 27.6. The summed E-state index contributed by atoms with van der Waals surface area (Å²) in [5, 5.41) is 10.8. The normalized spacial score (nSPS) is 11.2. The number of rotatable bonds is 7. The number of hydrogen-bond donors (Lipinski definition) is 2. The molecule has 3 amide bonds. The van der Waals surface area contributed by atoms with E-state index in [9.17, 15) is 9.59 Å². The van der Waals surface area contributed by atoms with E-state index in [1.807, 2.05) is 93.6 Å². The van der Waals surface area contributed by atoms with Crippen LogP contribution in [0.15, 0.2) is 78.9 Å². The fraction of sp³-hybridized carbons (Fsp3) is 0.281. The van der Waals surface area contributed by atoms with Crippen LogP contribution >= 0.6 is 0 Å². The van der Waals surface area contributed by atoms with Crippen molar-refractivity contribution in [1.29, 1.82) is 0 Å². The van der Waals surface area contributed by atoms with E-state index in [0.717, 1.165) is 33.6 Å². The van der Waals surface area contributed by atoms with Crippen LogP contribution in [0.1, 0.15) is 48.7 Å². The van der Waals surface area contributed by atoms with Crippen LogP contribution in [0.3, 0.4) is 0 Å². The molecule has 3 aromatic carbocycles. The molecule has 0 spiro atoms. The Bertz CT molecular complexity index is 1470. The smallest absolute Gasteiger partial charge is 0.311 e. The summed E-state index contributed by atoms with van der Waals surface area (Å²) < 4.78 is 1.78. The van der Waals surface area contributed by atoms with Crippen LogP contribution in [0.25, 0.3) is 5.69 Å². The second-order valence-corrected chi connectivity index (χ2v) is 11.1. The van der Waals surface area contributed by atoms with Crippen molar-refractivity contribution in [2.75, 3.05) is 17.2 Å². The van der Waals surface area contributed by atoms with Gasteiger partial charge in [0.05, 0.1) is 11.4 Å². The minimum Gasteiger partial charge on any atom is -0.311 e. The van der Waals surface area contributed by atoms with E-state index in [1.165, 1.54) is 4.90 Å². The zero-order chi connectivity index (χ0) is 28.2. The molecule has 2 N–H and O–H groups in total. The van der Waals surface area contributed by atoms with Crippen LogP contribution in [-0.4, -0.2) is 33.2 Å². The number of nitrogens with zero attached hydrogens (tertiary/aromatic N) is 3. The molecule has 0 saturated heterocycles. The zero-order valence-electron chi connectivity index (χ0n) is 23.6. The van der Waals surface area contributed by atoms with Gasteiger partial charge < -0.3 is 15.5 Å². The van der Waals surface area contributed by atoms with Gasteiger partial charge in [0.2, 0.25) is 5.91 Å². The van der Waals surface area contributed by atoms with Gasteiger partial charge in [-0.2, -0.15) is 5.10 Å². The Labute approximate surface area is 230 Å². The van der Waals surface area contributed by atoms with Crippen molar-refractivity contribution >= 4 is 23.4 Å². The Kier molecular flexibility index (Phi) is 8.19. The van der Waals surface area contributed by atoms with Gasteiger partial charge in [0, 0.05) is 23.7 Å². The molecule has 1 heterocycles. The number of carbonyl (C=O) groups is 2. The molecule has 7 heteroatoms. The van der Waals surface area contributed by atoms with Crippen molar-refractivity contribution < 1.29 is 9.59 Å². The summed E-state index contributed by atoms with van der Waals surface area (Å²) in [5.74, 6) is 0.257. The number of amides is 3. The third-order valence-electron chi connectivity index (χ3n) is 6.43. The Hall–Kier alpha value is -4.39. The molecule has 0 fully saturated rings. The first-order valence-electron chi connectivity index (χ1n) is 13.1. The highest BCUT2D eigenvalue weighted by Crippen LogP contribution is 2.28. The molecule has 7 nitrogen and oxygen atoms in total. The molecule has 0 unspecified atom stereocenters. The highest BCUT2D eigenvalue weighted by molar-refractivity contribution is 5.96. The third kappa shape index (κ3) is 7.13. The molecule has 0 aliphatic heterocycles. The number of aromatic nitrogens is 2. The maximum atomic E-state index is 13.4. The van der Waals surface area contributed by atoms with E-state index in [0.29, 0.717) is 11.5 Å². The molecule has 0 aliphatic rings. The number of hydrogen-bond acceptors (Lipinski definition) is 3. The number of nitrogens with one attached hydrogen (secondary N) is 2. The van der Waals surface area contributed by atoms with E-state index >= 15 is 0 Å². The number of benzene rings is 3. The Morgan fingerprint density at radius 3 is 2.23 bits per heavy atom. The molecule has 202 valence electrons. The molecular formula is C32H37N5O2. The van der Waals surface area contributed by atoms with Gasteiger partial charge in [0.25, 0.3) is 0 Å². The summed E-state index contributed by atoms with van der Waals surface area (Å²) in [5.41, 5.74) is 6.39. The molecule has 0 aliphatic carbocycles. The van der Waals surface area contributed by atoms with Crippen LogP contribution in [0.2, 0.25) is 0 Å². The van der Waals surface area contributed by atoms with Gasteiger partial charge in [0.15, 0.2) is 0 Å². The van der Waals surface area contributed by atoms with Crippen molar-refractivity contribution in [1.82, 2.24) is 14.7 Å². The van der Waals surface area contributed by atoms with Crippen LogP contribution in [0.4, 0.5) is 16.3 Å². The lowest BCUT2D eigenvalue weighted by Gasteiger charge is -2.23. The number of carbonyl (C=O) groups excluding carboxylic acids is 2. The second-order valence-electron chi connectivity index (χ2n) is 11.1. The highest BCUT2D eigenvalue weighted by atomic mass is 16.2. The highest BCUT2D eigenvalue weighted by Gasteiger charge is 2.24. The van der Waals surface area contributed by atoms with Crippen LogP contribution in [0.5, 0.6) is 0 Å². The molecule has 0 saturated carbocycles. The van der Waals surface area contributed by atoms with Crippen molar-refractivity contribution in [3.63, 3.8) is 0 Å². The topological polar surface area (TPSA) is 79.3 Å². The molecule has 0 bridgehead atoms. The second kappa shape index (κ2) is 11.6. The predicted molar refractivity (Wildman–Crippen MR) is 157 cm³/mol. The standard InChI is InChI=1S/C32H37N5O2/c1-22-11-10-14-26(18-22)33-31(39)36(20-25-12-8-7-9-13-25)21-30(38)34-29-19-28(32(4,5)6)35-37(29)27-16-15-23(2)17-24(27)3/h7-19H,20-21H2,1-6H3,(H,33,39)(H,34,38). The van der Waals surface area contributed by atoms with E-state index in [-0.39, 0.29) is 30.4 Å². The summed E-state index contributed by atoms with van der Waals surface area (Å²) in [6.07, 6.45) is 0. The zero-order valence-corrected chi connectivity index (χ0v) is 23.6. The van der Waals surface area contributed by atoms with Gasteiger partial charge in [-0.05, 0) is 55.7 Å². The fourth-order valence-electron chi connectivity index (χ4n) is 4.35. The average molecular weight is 524 g/mol. The summed E-state index contributed by atoms with van der Waals surface area (Å²) in [7, 11) is 0. The lowest BCUT2D eigenvalue weighted by molar-refractivity contribution is -0.116. The molecule has 39 heavy (non-hydrogen) atoms. The Balaban J connectivity index is 1.60. The summed E-state index contributed by atoms with van der Waals surface area (Å²) in [4.78, 5) is 28.3. The van der Waals surface area contributed by atoms with E-state index in [4.69, 9.17) is 5.10 Å². The quantitative estimate of drug-likeness (QED) is 0.281. The maximum absolute atomic E-state index is 13.4. The van der Waals surface area contributed by atoms with Crippen molar-refractivity contribution in [3.8, 4) is 5.69 Å². The minimum absolute atomic E-state index is 0.130.